The molecule has 1 aliphatic heterocycles. The van der Waals surface area contributed by atoms with E-state index in [0.29, 0.717) is 6.42 Å². The molecule has 1 aromatic carbocycles. The number of hydrogen-bond donors (Lipinski definition) is 1. The van der Waals surface area contributed by atoms with Gasteiger partial charge in [0.25, 0.3) is 0 Å². The Balaban J connectivity index is 1.72. The van der Waals surface area contributed by atoms with E-state index in [2.05, 4.69) is 12.1 Å². The summed E-state index contributed by atoms with van der Waals surface area (Å²) in [6, 6.07) is 10.3. The molecule has 1 saturated heterocycles. The van der Waals surface area contributed by atoms with Crippen LogP contribution in [0.5, 0.6) is 0 Å². The fourth-order valence-electron chi connectivity index (χ4n) is 2.69. The largest absolute Gasteiger partial charge is 0.396 e. The average molecular weight is 261 g/mol. The summed E-state index contributed by atoms with van der Waals surface area (Å²) in [7, 11) is 0. The zero-order valence-electron chi connectivity index (χ0n) is 11.4. The van der Waals surface area contributed by atoms with Crippen molar-refractivity contribution < 1.29 is 9.90 Å². The van der Waals surface area contributed by atoms with Gasteiger partial charge in [0.15, 0.2) is 0 Å². The summed E-state index contributed by atoms with van der Waals surface area (Å²) in [4.78, 5) is 14.0. The Morgan fingerprint density at radius 1 is 1.32 bits per heavy atom. The summed E-state index contributed by atoms with van der Waals surface area (Å²) >= 11 is 0. The second-order valence-corrected chi connectivity index (χ2v) is 5.37. The highest BCUT2D eigenvalue weighted by molar-refractivity contribution is 5.76. The van der Waals surface area contributed by atoms with Crippen LogP contribution in [0.3, 0.4) is 0 Å². The molecule has 1 N–H and O–H groups in total. The maximum absolute atomic E-state index is 12.1. The Morgan fingerprint density at radius 3 is 2.84 bits per heavy atom. The summed E-state index contributed by atoms with van der Waals surface area (Å²) in [6.45, 7) is 1.80. The number of aliphatic hydroxyl groups excluding tert-OH is 1. The highest BCUT2D eigenvalue weighted by atomic mass is 16.3. The minimum Gasteiger partial charge on any atom is -0.396 e. The van der Waals surface area contributed by atoms with E-state index < -0.39 is 0 Å². The number of likely N-dealkylation sites (tertiary alicyclic amines) is 1. The molecule has 0 radical (unpaired) electrons. The lowest BCUT2D eigenvalue weighted by Crippen LogP contribution is -2.40. The summed E-state index contributed by atoms with van der Waals surface area (Å²) in [5, 5.41) is 9.18. The van der Waals surface area contributed by atoms with Crippen molar-refractivity contribution in [1.82, 2.24) is 4.90 Å². The van der Waals surface area contributed by atoms with Gasteiger partial charge in [-0.3, -0.25) is 4.79 Å². The van der Waals surface area contributed by atoms with Crippen molar-refractivity contribution >= 4 is 5.91 Å². The fourth-order valence-corrected chi connectivity index (χ4v) is 2.69. The van der Waals surface area contributed by atoms with E-state index in [-0.39, 0.29) is 18.4 Å². The SMILES string of the molecule is O=C(CCCc1ccccc1)N1CCCC(CO)C1. The van der Waals surface area contributed by atoms with Gasteiger partial charge in [0, 0.05) is 26.1 Å². The van der Waals surface area contributed by atoms with E-state index in [9.17, 15) is 9.90 Å². The van der Waals surface area contributed by atoms with E-state index in [0.717, 1.165) is 38.8 Å². The van der Waals surface area contributed by atoms with Crippen molar-refractivity contribution in [2.75, 3.05) is 19.7 Å². The lowest BCUT2D eigenvalue weighted by atomic mass is 9.98. The molecule has 1 aromatic rings. The highest BCUT2D eigenvalue weighted by Crippen LogP contribution is 2.17. The lowest BCUT2D eigenvalue weighted by Gasteiger charge is -2.32. The molecule has 3 nitrogen and oxygen atoms in total. The topological polar surface area (TPSA) is 40.5 Å². The normalized spacial score (nSPS) is 19.4. The average Bonchev–Trinajstić information content (AvgIpc) is 2.48. The molecule has 19 heavy (non-hydrogen) atoms. The first-order valence-electron chi connectivity index (χ1n) is 7.22. The maximum Gasteiger partial charge on any atom is 0.222 e. The molecular weight excluding hydrogens is 238 g/mol. The van der Waals surface area contributed by atoms with Crippen LogP contribution in [0.2, 0.25) is 0 Å². The molecule has 104 valence electrons. The molecule has 1 atom stereocenters. The summed E-state index contributed by atoms with van der Waals surface area (Å²) < 4.78 is 0. The van der Waals surface area contributed by atoms with E-state index in [1.807, 2.05) is 23.1 Å². The van der Waals surface area contributed by atoms with Crippen molar-refractivity contribution in [2.45, 2.75) is 32.1 Å². The Bertz CT molecular complexity index is 391. The second kappa shape index (κ2) is 7.29. The third kappa shape index (κ3) is 4.35. The molecule has 0 bridgehead atoms. The van der Waals surface area contributed by atoms with Gasteiger partial charge < -0.3 is 10.0 Å². The zero-order chi connectivity index (χ0) is 13.5. The number of carbonyl (C=O) groups is 1. The van der Waals surface area contributed by atoms with Crippen LogP contribution < -0.4 is 0 Å². The predicted octanol–water partition coefficient (Wildman–Crippen LogP) is 2.24. The predicted molar refractivity (Wildman–Crippen MR) is 75.8 cm³/mol. The van der Waals surface area contributed by atoms with Gasteiger partial charge in [-0.05, 0) is 37.2 Å². The van der Waals surface area contributed by atoms with E-state index >= 15 is 0 Å². The molecule has 1 heterocycles. The van der Waals surface area contributed by atoms with Crippen molar-refractivity contribution in [3.8, 4) is 0 Å². The van der Waals surface area contributed by atoms with Gasteiger partial charge in [0.1, 0.15) is 0 Å². The maximum atomic E-state index is 12.1. The van der Waals surface area contributed by atoms with Gasteiger partial charge in [-0.1, -0.05) is 30.3 Å². The number of aliphatic hydroxyl groups is 1. The molecule has 0 spiro atoms. The van der Waals surface area contributed by atoms with Crippen LogP contribution in [0.25, 0.3) is 0 Å². The van der Waals surface area contributed by atoms with E-state index in [1.54, 1.807) is 0 Å². The van der Waals surface area contributed by atoms with Crippen LogP contribution in [0.15, 0.2) is 30.3 Å². The molecular formula is C16H23NO2. The second-order valence-electron chi connectivity index (χ2n) is 5.37. The van der Waals surface area contributed by atoms with Crippen LogP contribution in [-0.4, -0.2) is 35.6 Å². The molecule has 0 aromatic heterocycles. The Labute approximate surface area is 115 Å². The zero-order valence-corrected chi connectivity index (χ0v) is 11.4. The van der Waals surface area contributed by atoms with Gasteiger partial charge in [0.2, 0.25) is 5.91 Å². The number of hydrogen-bond acceptors (Lipinski definition) is 2. The first kappa shape index (κ1) is 14.1. The number of amides is 1. The number of piperidine rings is 1. The van der Waals surface area contributed by atoms with Gasteiger partial charge in [-0.15, -0.1) is 0 Å². The lowest BCUT2D eigenvalue weighted by molar-refractivity contribution is -0.133. The molecule has 1 aliphatic rings. The Morgan fingerprint density at radius 2 is 2.11 bits per heavy atom. The molecule has 1 amide bonds. The standard InChI is InChI=1S/C16H23NO2/c18-13-15-9-5-11-17(12-15)16(19)10-4-8-14-6-2-1-3-7-14/h1-3,6-7,15,18H,4-5,8-13H2. The molecule has 2 rings (SSSR count). The first-order valence-corrected chi connectivity index (χ1v) is 7.22. The third-order valence-electron chi connectivity index (χ3n) is 3.83. The number of nitrogens with zero attached hydrogens (tertiary/aromatic N) is 1. The van der Waals surface area contributed by atoms with Gasteiger partial charge >= 0.3 is 0 Å². The van der Waals surface area contributed by atoms with Crippen molar-refractivity contribution in [3.63, 3.8) is 0 Å². The van der Waals surface area contributed by atoms with Gasteiger partial charge in [0.05, 0.1) is 0 Å². The Hall–Kier alpha value is -1.35. The molecule has 0 saturated carbocycles. The monoisotopic (exact) mass is 261 g/mol. The van der Waals surface area contributed by atoms with E-state index in [4.69, 9.17) is 0 Å². The molecule has 1 fully saturated rings. The Kier molecular flexibility index (Phi) is 5.40. The van der Waals surface area contributed by atoms with Crippen LogP contribution in [0.1, 0.15) is 31.2 Å². The smallest absolute Gasteiger partial charge is 0.222 e. The fraction of sp³-hybridized carbons (Fsp3) is 0.562. The molecule has 1 unspecified atom stereocenters. The minimum absolute atomic E-state index is 0.202. The van der Waals surface area contributed by atoms with Crippen LogP contribution in [-0.2, 0) is 11.2 Å². The quantitative estimate of drug-likeness (QED) is 0.883. The van der Waals surface area contributed by atoms with Crippen molar-refractivity contribution in [3.05, 3.63) is 35.9 Å². The summed E-state index contributed by atoms with van der Waals surface area (Å²) in [5.41, 5.74) is 1.29. The summed E-state index contributed by atoms with van der Waals surface area (Å²) in [6.07, 6.45) is 4.56. The van der Waals surface area contributed by atoms with Crippen molar-refractivity contribution in [1.29, 1.82) is 0 Å². The summed E-state index contributed by atoms with van der Waals surface area (Å²) in [5.74, 6) is 0.529. The van der Waals surface area contributed by atoms with Gasteiger partial charge in [-0.2, -0.15) is 0 Å². The first-order chi connectivity index (χ1) is 9.29. The number of carbonyl (C=O) groups excluding carboxylic acids is 1. The minimum atomic E-state index is 0.202. The van der Waals surface area contributed by atoms with E-state index in [1.165, 1.54) is 5.56 Å². The van der Waals surface area contributed by atoms with Crippen LogP contribution in [0.4, 0.5) is 0 Å². The van der Waals surface area contributed by atoms with Crippen LogP contribution >= 0.6 is 0 Å². The number of rotatable bonds is 5. The number of benzene rings is 1. The van der Waals surface area contributed by atoms with Crippen LogP contribution in [0, 0.1) is 5.92 Å². The highest BCUT2D eigenvalue weighted by Gasteiger charge is 2.22. The third-order valence-corrected chi connectivity index (χ3v) is 3.83. The number of aryl methyl sites for hydroxylation is 1. The van der Waals surface area contributed by atoms with Crippen molar-refractivity contribution in [2.24, 2.45) is 5.92 Å². The van der Waals surface area contributed by atoms with Gasteiger partial charge in [-0.25, -0.2) is 0 Å². The molecule has 0 aliphatic carbocycles. The molecule has 3 heteroatoms.